The first-order chi connectivity index (χ1) is 6.13. The molecule has 0 aromatic carbocycles. The molecule has 1 aromatic rings. The molecule has 0 spiro atoms. The normalized spacial score (nSPS) is 12.0. The van der Waals surface area contributed by atoms with E-state index in [0.29, 0.717) is 0 Å². The molecule has 1 aromatic heterocycles. The van der Waals surface area contributed by atoms with Crippen LogP contribution >= 0.6 is 0 Å². The fraction of sp³-hybridized carbons (Fsp3) is 0.286. The van der Waals surface area contributed by atoms with Gasteiger partial charge in [-0.3, -0.25) is 0 Å². The van der Waals surface area contributed by atoms with Crippen LogP contribution in [0.4, 0.5) is 0 Å². The van der Waals surface area contributed by atoms with Crippen molar-refractivity contribution in [1.29, 1.82) is 5.26 Å². The van der Waals surface area contributed by atoms with Crippen molar-refractivity contribution >= 4 is 5.97 Å². The second-order valence-electron chi connectivity index (χ2n) is 2.42. The van der Waals surface area contributed by atoms with Crippen molar-refractivity contribution in [3.05, 3.63) is 18.2 Å². The van der Waals surface area contributed by atoms with Gasteiger partial charge >= 0.3 is 5.97 Å². The van der Waals surface area contributed by atoms with Crippen molar-refractivity contribution in [2.75, 3.05) is 0 Å². The van der Waals surface area contributed by atoms with Gasteiger partial charge in [0.1, 0.15) is 6.07 Å². The highest BCUT2D eigenvalue weighted by Crippen LogP contribution is 1.96. The lowest BCUT2D eigenvalue weighted by Gasteiger charge is -2.04. The summed E-state index contributed by atoms with van der Waals surface area (Å²) in [6, 6.07) is 1.79. The zero-order valence-corrected chi connectivity index (χ0v) is 6.58. The van der Waals surface area contributed by atoms with Gasteiger partial charge in [0.25, 0.3) is 0 Å². The first-order valence-electron chi connectivity index (χ1n) is 3.46. The van der Waals surface area contributed by atoms with Crippen molar-refractivity contribution in [3.63, 3.8) is 0 Å². The highest BCUT2D eigenvalue weighted by atomic mass is 16.4. The van der Waals surface area contributed by atoms with Gasteiger partial charge < -0.3 is 14.8 Å². The average molecular weight is 181 g/mol. The molecule has 0 radical (unpaired) electrons. The molecule has 0 aliphatic rings. The number of hydrogen-bond acceptors (Lipinski definition) is 4. The highest BCUT2D eigenvalue weighted by Gasteiger charge is 2.13. The monoisotopic (exact) mass is 181 g/mol. The summed E-state index contributed by atoms with van der Waals surface area (Å²) >= 11 is 0. The summed E-state index contributed by atoms with van der Waals surface area (Å²) in [6.45, 7) is -0.107. The van der Waals surface area contributed by atoms with Crippen LogP contribution in [0.1, 0.15) is 5.69 Å². The molecule has 1 rings (SSSR count). The van der Waals surface area contributed by atoms with E-state index < -0.39 is 12.1 Å². The van der Waals surface area contributed by atoms with Crippen molar-refractivity contribution in [3.8, 4) is 6.07 Å². The molecule has 1 atom stereocenters. The Morgan fingerprint density at radius 1 is 1.85 bits per heavy atom. The molecule has 0 bridgehead atoms. The second-order valence-corrected chi connectivity index (χ2v) is 2.42. The van der Waals surface area contributed by atoms with Gasteiger partial charge in [0.2, 0.25) is 0 Å². The molecule has 0 amide bonds. The van der Waals surface area contributed by atoms with Gasteiger partial charge in [0.15, 0.2) is 11.8 Å². The second kappa shape index (κ2) is 3.69. The van der Waals surface area contributed by atoms with Gasteiger partial charge in [0, 0.05) is 6.20 Å². The number of nitrogens with zero attached hydrogens (tertiary/aromatic N) is 3. The molecule has 0 saturated heterocycles. The first-order valence-corrected chi connectivity index (χ1v) is 3.46. The van der Waals surface area contributed by atoms with Crippen LogP contribution < -0.4 is 0 Å². The predicted octanol–water partition coefficient (Wildman–Crippen LogP) is -0.800. The summed E-state index contributed by atoms with van der Waals surface area (Å²) in [6.07, 6.45) is 1.19. The molecule has 13 heavy (non-hydrogen) atoms. The summed E-state index contributed by atoms with van der Waals surface area (Å²) in [5.74, 6) is -1.30. The zero-order valence-electron chi connectivity index (χ0n) is 6.58. The summed E-state index contributed by atoms with van der Waals surface area (Å²) < 4.78 is 1.34. The number of carbonyl (C=O) groups is 1. The fourth-order valence-electron chi connectivity index (χ4n) is 0.795. The Morgan fingerprint density at radius 3 is 3.00 bits per heavy atom. The van der Waals surface area contributed by atoms with Crippen LogP contribution in [0.3, 0.4) is 0 Å². The molecule has 0 fully saturated rings. The predicted molar refractivity (Wildman–Crippen MR) is 40.6 cm³/mol. The van der Waals surface area contributed by atoms with E-state index in [0.717, 1.165) is 0 Å². The Morgan fingerprint density at radius 2 is 2.54 bits per heavy atom. The number of hydrogen-bond donors (Lipinski definition) is 2. The van der Waals surface area contributed by atoms with Crippen molar-refractivity contribution in [2.24, 2.45) is 0 Å². The molecule has 0 aliphatic carbocycles. The van der Waals surface area contributed by atoms with Gasteiger partial charge in [-0.2, -0.15) is 5.26 Å². The minimum atomic E-state index is -1.47. The molecular weight excluding hydrogens is 174 g/mol. The molecule has 6 heteroatoms. The number of aliphatic carboxylic acids is 1. The molecule has 0 saturated carbocycles. The summed E-state index contributed by atoms with van der Waals surface area (Å²) in [4.78, 5) is 13.9. The SMILES string of the molecule is N#Cc1cn(CC(O)C(=O)O)cn1. The summed E-state index contributed by atoms with van der Waals surface area (Å²) in [7, 11) is 0. The van der Waals surface area contributed by atoms with E-state index in [-0.39, 0.29) is 12.2 Å². The zero-order chi connectivity index (χ0) is 9.84. The van der Waals surface area contributed by atoms with Gasteiger partial charge in [-0.15, -0.1) is 0 Å². The first kappa shape index (κ1) is 9.22. The fourth-order valence-corrected chi connectivity index (χ4v) is 0.795. The number of carboxylic acid groups (broad SMARTS) is 1. The number of imidazole rings is 1. The van der Waals surface area contributed by atoms with Gasteiger partial charge in [-0.1, -0.05) is 0 Å². The number of carboxylic acids is 1. The lowest BCUT2D eigenvalue weighted by atomic mass is 10.3. The van der Waals surface area contributed by atoms with Crippen LogP contribution in [-0.2, 0) is 11.3 Å². The number of aromatic nitrogens is 2. The minimum absolute atomic E-state index is 0.107. The lowest BCUT2D eigenvalue weighted by Crippen LogP contribution is -2.24. The van der Waals surface area contributed by atoms with E-state index in [2.05, 4.69) is 4.98 Å². The maximum Gasteiger partial charge on any atom is 0.334 e. The Labute approximate surface area is 73.7 Å². The van der Waals surface area contributed by atoms with Gasteiger partial charge in [-0.05, 0) is 0 Å². The van der Waals surface area contributed by atoms with E-state index in [9.17, 15) is 4.79 Å². The van der Waals surface area contributed by atoms with Crippen LogP contribution in [0.25, 0.3) is 0 Å². The summed E-state index contributed by atoms with van der Waals surface area (Å²) in [5, 5.41) is 25.7. The maximum atomic E-state index is 10.2. The Kier molecular flexibility index (Phi) is 2.62. The number of rotatable bonds is 3. The van der Waals surface area contributed by atoms with Crippen LogP contribution in [-0.4, -0.2) is 31.8 Å². The molecule has 1 unspecified atom stereocenters. The topological polar surface area (TPSA) is 99.1 Å². The average Bonchev–Trinajstić information content (AvgIpc) is 2.52. The third kappa shape index (κ3) is 2.28. The van der Waals surface area contributed by atoms with E-state index in [4.69, 9.17) is 15.5 Å². The van der Waals surface area contributed by atoms with E-state index in [1.807, 2.05) is 0 Å². The largest absolute Gasteiger partial charge is 0.479 e. The molecular formula is C7H7N3O3. The molecule has 2 N–H and O–H groups in total. The maximum absolute atomic E-state index is 10.2. The van der Waals surface area contributed by atoms with Crippen LogP contribution in [0.5, 0.6) is 0 Å². The number of aliphatic hydroxyl groups excluding tert-OH is 1. The molecule has 0 aliphatic heterocycles. The third-order valence-electron chi connectivity index (χ3n) is 1.42. The number of aliphatic hydroxyl groups is 1. The standard InChI is InChI=1S/C7H7N3O3/c8-1-5-2-10(4-9-5)3-6(11)7(12)13/h2,4,6,11H,3H2,(H,12,13). The summed E-state index contributed by atoms with van der Waals surface area (Å²) in [5.41, 5.74) is 0.192. The number of nitriles is 1. The van der Waals surface area contributed by atoms with Crippen molar-refractivity contribution < 1.29 is 15.0 Å². The van der Waals surface area contributed by atoms with E-state index in [1.54, 1.807) is 6.07 Å². The van der Waals surface area contributed by atoms with Crippen LogP contribution in [0, 0.1) is 11.3 Å². The van der Waals surface area contributed by atoms with Gasteiger partial charge in [-0.25, -0.2) is 9.78 Å². The Hall–Kier alpha value is -1.87. The van der Waals surface area contributed by atoms with E-state index >= 15 is 0 Å². The Balaban J connectivity index is 2.65. The third-order valence-corrected chi connectivity index (χ3v) is 1.42. The lowest BCUT2D eigenvalue weighted by molar-refractivity contribution is -0.147. The van der Waals surface area contributed by atoms with Gasteiger partial charge in [0.05, 0.1) is 12.9 Å². The minimum Gasteiger partial charge on any atom is -0.479 e. The highest BCUT2D eigenvalue weighted by molar-refractivity contribution is 5.71. The molecule has 1 heterocycles. The van der Waals surface area contributed by atoms with Crippen LogP contribution in [0.2, 0.25) is 0 Å². The quantitative estimate of drug-likeness (QED) is 0.636. The Bertz CT molecular complexity index is 352. The van der Waals surface area contributed by atoms with Crippen LogP contribution in [0.15, 0.2) is 12.5 Å². The molecule has 6 nitrogen and oxygen atoms in total. The smallest absolute Gasteiger partial charge is 0.334 e. The molecule has 68 valence electrons. The van der Waals surface area contributed by atoms with E-state index in [1.165, 1.54) is 17.1 Å². The van der Waals surface area contributed by atoms with Crippen molar-refractivity contribution in [1.82, 2.24) is 9.55 Å². The van der Waals surface area contributed by atoms with Crippen molar-refractivity contribution in [2.45, 2.75) is 12.6 Å².